The molecule has 1 aromatic heterocycles. The number of anilines is 3. The van der Waals surface area contributed by atoms with Crippen LogP contribution in [0.3, 0.4) is 0 Å². The van der Waals surface area contributed by atoms with Gasteiger partial charge >= 0.3 is 0 Å². The Kier molecular flexibility index (Phi) is 10.9. The molecule has 0 radical (unpaired) electrons. The summed E-state index contributed by atoms with van der Waals surface area (Å²) in [5.74, 6) is -0.0956. The number of carbonyl (C=O) groups excluding carboxylic acids is 2. The fraction of sp³-hybridized carbons (Fsp3) is 0.343. The van der Waals surface area contributed by atoms with Crippen molar-refractivity contribution in [3.8, 4) is 5.75 Å². The maximum absolute atomic E-state index is 13.6. The van der Waals surface area contributed by atoms with Crippen molar-refractivity contribution in [2.75, 3.05) is 42.5 Å². The second-order valence-electron chi connectivity index (χ2n) is 12.6. The van der Waals surface area contributed by atoms with Gasteiger partial charge in [-0.15, -0.1) is 0 Å². The Bertz CT molecular complexity index is 1900. The molecule has 49 heavy (non-hydrogen) atoms. The summed E-state index contributed by atoms with van der Waals surface area (Å²) in [4.78, 5) is 34.1. The molecule has 0 saturated heterocycles. The van der Waals surface area contributed by atoms with E-state index in [0.29, 0.717) is 47.9 Å². The highest BCUT2D eigenvalue weighted by molar-refractivity contribution is 7.92. The Balaban J connectivity index is 1.32. The number of aryl methyl sites for hydroxylation is 1. The molecule has 0 bridgehead atoms. The van der Waals surface area contributed by atoms with Gasteiger partial charge in [0.25, 0.3) is 15.9 Å². The molecule has 2 amide bonds. The number of rotatable bonds is 11. The topological polar surface area (TPSA) is 172 Å². The van der Waals surface area contributed by atoms with Gasteiger partial charge in [-0.05, 0) is 62.0 Å². The summed E-state index contributed by atoms with van der Waals surface area (Å²) >= 11 is 0. The summed E-state index contributed by atoms with van der Waals surface area (Å²) in [7, 11) is -0.310. The van der Waals surface area contributed by atoms with Crippen molar-refractivity contribution in [3.05, 3.63) is 95.9 Å². The molecule has 0 aliphatic carbocycles. The number of ether oxygens (including phenoxy) is 1. The van der Waals surface area contributed by atoms with Crippen LogP contribution in [0.2, 0.25) is 0 Å². The predicted octanol–water partition coefficient (Wildman–Crippen LogP) is 3.34. The standard InChI is InChI=1S/C35H43N7O6S/c1-23-17-42(24(2)21-43)34(44)16-27-15-28(39-49(46,47)33-20-41(4)22-37-33)13-14-31(27)48-32(23)19-40(3)18-25-9-11-26(12-10-25)35(45)38-30-8-6-5-7-29(30)36/h5-15,20,22-24,32,39,43H,16-19,21,36H2,1-4H3,(H,38,45)/t23-,24-,32+/m0/s1. The maximum Gasteiger partial charge on any atom is 0.280 e. The molecular formula is C35H43N7O6S. The normalized spacial score (nSPS) is 17.3. The number of aliphatic hydroxyl groups excluding tert-OH is 1. The number of nitrogens with two attached hydrogens (primary N) is 1. The molecule has 0 saturated carbocycles. The van der Waals surface area contributed by atoms with Gasteiger partial charge in [-0.1, -0.05) is 31.2 Å². The molecule has 0 fully saturated rings. The molecule has 0 unspecified atom stereocenters. The first-order chi connectivity index (χ1) is 23.3. The van der Waals surface area contributed by atoms with Crippen molar-refractivity contribution in [3.63, 3.8) is 0 Å². The number of hydrogen-bond donors (Lipinski definition) is 4. The lowest BCUT2D eigenvalue weighted by atomic mass is 10.0. The Hall–Kier alpha value is -4.92. The summed E-state index contributed by atoms with van der Waals surface area (Å²) in [6, 6.07) is 18.9. The Morgan fingerprint density at radius 3 is 2.57 bits per heavy atom. The Morgan fingerprint density at radius 1 is 1.16 bits per heavy atom. The lowest BCUT2D eigenvalue weighted by Crippen LogP contribution is -2.47. The second kappa shape index (κ2) is 15.1. The number of likely N-dealkylation sites (N-methyl/N-ethyl adjacent to an activating group) is 1. The number of nitrogen functional groups attached to an aromatic ring is 1. The summed E-state index contributed by atoms with van der Waals surface area (Å²) in [5.41, 5.74) is 9.29. The average molecular weight is 690 g/mol. The first-order valence-corrected chi connectivity index (χ1v) is 17.4. The van der Waals surface area contributed by atoms with E-state index in [1.165, 1.54) is 17.1 Å². The monoisotopic (exact) mass is 689 g/mol. The summed E-state index contributed by atoms with van der Waals surface area (Å²) in [5, 5.41) is 12.7. The van der Waals surface area contributed by atoms with Crippen LogP contribution < -0.4 is 20.5 Å². The van der Waals surface area contributed by atoms with E-state index >= 15 is 0 Å². The molecule has 4 aromatic rings. The highest BCUT2D eigenvalue weighted by Gasteiger charge is 2.31. The first kappa shape index (κ1) is 35.4. The van der Waals surface area contributed by atoms with Gasteiger partial charge in [-0.2, -0.15) is 8.42 Å². The number of aromatic nitrogens is 2. The molecule has 5 N–H and O–H groups in total. The summed E-state index contributed by atoms with van der Waals surface area (Å²) < 4.78 is 36.6. The van der Waals surface area contributed by atoms with E-state index < -0.39 is 16.1 Å². The summed E-state index contributed by atoms with van der Waals surface area (Å²) in [6.07, 6.45) is 2.40. The van der Waals surface area contributed by atoms with Crippen molar-refractivity contribution in [2.24, 2.45) is 13.0 Å². The lowest BCUT2D eigenvalue weighted by molar-refractivity contribution is -0.134. The van der Waals surface area contributed by atoms with Gasteiger partial charge in [0.1, 0.15) is 11.9 Å². The molecule has 1 aliphatic heterocycles. The van der Waals surface area contributed by atoms with Crippen LogP contribution in [-0.2, 0) is 34.8 Å². The molecular weight excluding hydrogens is 646 g/mol. The van der Waals surface area contributed by atoms with Crippen molar-refractivity contribution < 1.29 is 27.9 Å². The van der Waals surface area contributed by atoms with Crippen molar-refractivity contribution in [2.45, 2.75) is 44.0 Å². The van der Waals surface area contributed by atoms with Gasteiger partial charge in [0.15, 0.2) is 5.03 Å². The third kappa shape index (κ3) is 8.76. The zero-order valence-electron chi connectivity index (χ0n) is 28.0. The van der Waals surface area contributed by atoms with Gasteiger partial charge in [-0.3, -0.25) is 19.2 Å². The number of para-hydroxylation sites is 2. The number of hydrogen-bond acceptors (Lipinski definition) is 9. The molecule has 13 nitrogen and oxygen atoms in total. The van der Waals surface area contributed by atoms with Crippen LogP contribution in [0.5, 0.6) is 5.75 Å². The molecule has 3 atom stereocenters. The van der Waals surface area contributed by atoms with Crippen LogP contribution in [0.15, 0.2) is 84.3 Å². The van der Waals surface area contributed by atoms with E-state index in [9.17, 15) is 23.1 Å². The van der Waals surface area contributed by atoms with Gasteiger partial charge in [0.05, 0.1) is 36.8 Å². The predicted molar refractivity (Wildman–Crippen MR) is 188 cm³/mol. The van der Waals surface area contributed by atoms with E-state index in [0.717, 1.165) is 5.56 Å². The number of carbonyl (C=O) groups is 2. The Labute approximate surface area is 286 Å². The quantitative estimate of drug-likeness (QED) is 0.172. The molecule has 260 valence electrons. The number of nitrogens with zero attached hydrogens (tertiary/aromatic N) is 4. The van der Waals surface area contributed by atoms with Crippen LogP contribution in [0.4, 0.5) is 17.1 Å². The SMILES string of the molecule is C[C@H]1CN([C@@H](C)CO)C(=O)Cc2cc(NS(=O)(=O)c3cn(C)cn3)ccc2O[C@@H]1CN(C)Cc1ccc(C(=O)Nc2ccccc2N)cc1. The number of amides is 2. The van der Waals surface area contributed by atoms with E-state index in [1.807, 2.05) is 26.1 Å². The fourth-order valence-electron chi connectivity index (χ4n) is 5.70. The molecule has 0 spiro atoms. The van der Waals surface area contributed by atoms with Crippen molar-refractivity contribution in [1.29, 1.82) is 0 Å². The van der Waals surface area contributed by atoms with Crippen LogP contribution in [0.1, 0.15) is 35.3 Å². The smallest absolute Gasteiger partial charge is 0.280 e. The number of sulfonamides is 1. The number of nitrogens with one attached hydrogen (secondary N) is 2. The highest BCUT2D eigenvalue weighted by atomic mass is 32.2. The van der Waals surface area contributed by atoms with Crippen molar-refractivity contribution >= 4 is 38.9 Å². The zero-order valence-corrected chi connectivity index (χ0v) is 28.9. The minimum Gasteiger partial charge on any atom is -0.488 e. The molecule has 3 aromatic carbocycles. The van der Waals surface area contributed by atoms with Gasteiger partial charge in [-0.25, -0.2) is 4.98 Å². The number of benzene rings is 3. The minimum atomic E-state index is -3.96. The second-order valence-corrected chi connectivity index (χ2v) is 14.3. The minimum absolute atomic E-state index is 0.0368. The van der Waals surface area contributed by atoms with Crippen LogP contribution in [0.25, 0.3) is 0 Å². The van der Waals surface area contributed by atoms with E-state index in [-0.39, 0.29) is 47.6 Å². The molecule has 1 aliphatic rings. The summed E-state index contributed by atoms with van der Waals surface area (Å²) in [6.45, 7) is 5.03. The number of imidazole rings is 1. The lowest BCUT2D eigenvalue weighted by Gasteiger charge is -2.34. The van der Waals surface area contributed by atoms with Crippen LogP contribution in [-0.4, -0.2) is 83.6 Å². The third-order valence-corrected chi connectivity index (χ3v) is 9.76. The average Bonchev–Trinajstić information content (AvgIpc) is 3.53. The fourth-order valence-corrected chi connectivity index (χ4v) is 6.73. The zero-order chi connectivity index (χ0) is 35.3. The molecule has 5 rings (SSSR count). The Morgan fingerprint density at radius 2 is 1.90 bits per heavy atom. The van der Waals surface area contributed by atoms with Gasteiger partial charge < -0.3 is 30.4 Å². The third-order valence-electron chi connectivity index (χ3n) is 8.49. The van der Waals surface area contributed by atoms with E-state index in [2.05, 4.69) is 19.9 Å². The van der Waals surface area contributed by atoms with Gasteiger partial charge in [0, 0.05) is 55.6 Å². The molecule has 14 heteroatoms. The van der Waals surface area contributed by atoms with E-state index in [4.69, 9.17) is 10.5 Å². The number of fused-ring (bicyclic) bond motifs is 1. The largest absolute Gasteiger partial charge is 0.488 e. The highest BCUT2D eigenvalue weighted by Crippen LogP contribution is 2.30. The van der Waals surface area contributed by atoms with Crippen LogP contribution >= 0.6 is 0 Å². The van der Waals surface area contributed by atoms with Crippen LogP contribution in [0, 0.1) is 5.92 Å². The molecule has 2 heterocycles. The maximum atomic E-state index is 13.6. The number of aliphatic hydroxyl groups is 1. The van der Waals surface area contributed by atoms with Gasteiger partial charge in [0.2, 0.25) is 5.91 Å². The van der Waals surface area contributed by atoms with E-state index in [1.54, 1.807) is 73.5 Å². The first-order valence-electron chi connectivity index (χ1n) is 16.0. The van der Waals surface area contributed by atoms with Crippen molar-refractivity contribution in [1.82, 2.24) is 19.4 Å².